The molecule has 0 aliphatic carbocycles. The van der Waals surface area contributed by atoms with Crippen LogP contribution in [0.3, 0.4) is 0 Å². The normalized spacial score (nSPS) is 25.8. The lowest BCUT2D eigenvalue weighted by atomic mass is 10.2. The van der Waals surface area contributed by atoms with Gasteiger partial charge in [-0.05, 0) is 18.2 Å². The molecule has 2 aliphatic heterocycles. The first kappa shape index (κ1) is 15.9. The molecule has 0 saturated carbocycles. The van der Waals surface area contributed by atoms with Gasteiger partial charge in [0.25, 0.3) is 0 Å². The van der Waals surface area contributed by atoms with Gasteiger partial charge >= 0.3 is 0 Å². The highest BCUT2D eigenvalue weighted by molar-refractivity contribution is 7.99. The summed E-state index contributed by atoms with van der Waals surface area (Å²) in [6.45, 7) is 2.81. The van der Waals surface area contributed by atoms with Gasteiger partial charge in [-0.2, -0.15) is 11.8 Å². The molecule has 2 aliphatic rings. The van der Waals surface area contributed by atoms with Crippen molar-refractivity contribution in [1.82, 2.24) is 0 Å². The second-order valence-corrected chi connectivity index (χ2v) is 6.65. The van der Waals surface area contributed by atoms with E-state index >= 15 is 0 Å². The molecular weight excluding hydrogens is 305 g/mol. The van der Waals surface area contributed by atoms with Crippen molar-refractivity contribution in [3.05, 3.63) is 24.0 Å². The van der Waals surface area contributed by atoms with Gasteiger partial charge in [0, 0.05) is 43.9 Å². The zero-order valence-corrected chi connectivity index (χ0v) is 13.5. The highest BCUT2D eigenvalue weighted by Gasteiger charge is 2.32. The molecule has 5 nitrogen and oxygen atoms in total. The summed E-state index contributed by atoms with van der Waals surface area (Å²) >= 11 is 1.91. The van der Waals surface area contributed by atoms with Gasteiger partial charge in [0.2, 0.25) is 6.41 Å². The molecule has 2 atom stereocenters. The third-order valence-corrected chi connectivity index (χ3v) is 4.99. The average Bonchev–Trinajstić information content (AvgIpc) is 2.99. The van der Waals surface area contributed by atoms with E-state index in [0.29, 0.717) is 18.8 Å². The largest absolute Gasteiger partial charge is 0.368 e. The third kappa shape index (κ3) is 3.17. The summed E-state index contributed by atoms with van der Waals surface area (Å²) < 4.78 is 25.5. The molecule has 22 heavy (non-hydrogen) atoms. The van der Waals surface area contributed by atoms with E-state index in [1.807, 2.05) is 28.8 Å². The lowest BCUT2D eigenvalue weighted by Gasteiger charge is -2.30. The van der Waals surface area contributed by atoms with Crippen LogP contribution in [-0.4, -0.2) is 57.3 Å². The summed E-state index contributed by atoms with van der Waals surface area (Å²) in [7, 11) is 1.58. The van der Waals surface area contributed by atoms with E-state index in [4.69, 9.17) is 15.2 Å². The Morgan fingerprint density at radius 3 is 2.82 bits per heavy atom. The van der Waals surface area contributed by atoms with Crippen LogP contribution in [0.25, 0.3) is 0 Å². The first-order valence-electron chi connectivity index (χ1n) is 7.50. The van der Waals surface area contributed by atoms with E-state index in [1.165, 1.54) is 0 Å². The van der Waals surface area contributed by atoms with Crippen molar-refractivity contribution in [2.75, 3.05) is 54.6 Å². The standard InChI is InChI=1S/C15H22FN3O2S/c1-20-15-19(10-12(9-17)21-15)11-2-3-14(13(16)8-11)18-4-6-22-7-5-18/h2-3,8,12,15H,4-7,9-10,17H2,1H3. The molecule has 2 heterocycles. The van der Waals surface area contributed by atoms with Gasteiger partial charge in [0.05, 0.1) is 18.3 Å². The van der Waals surface area contributed by atoms with Crippen molar-refractivity contribution in [3.8, 4) is 0 Å². The maximum absolute atomic E-state index is 14.5. The Morgan fingerprint density at radius 2 is 2.18 bits per heavy atom. The Labute approximate surface area is 134 Å². The molecule has 3 rings (SSSR count). The van der Waals surface area contributed by atoms with Gasteiger partial charge in [-0.15, -0.1) is 0 Å². The Bertz CT molecular complexity index is 514. The predicted molar refractivity (Wildman–Crippen MR) is 88.0 cm³/mol. The lowest BCUT2D eigenvalue weighted by Crippen LogP contribution is -2.34. The van der Waals surface area contributed by atoms with E-state index < -0.39 is 6.41 Å². The molecule has 2 unspecified atom stereocenters. The van der Waals surface area contributed by atoms with Gasteiger partial charge in [-0.1, -0.05) is 0 Å². The van der Waals surface area contributed by atoms with E-state index in [9.17, 15) is 4.39 Å². The second kappa shape index (κ2) is 7.04. The van der Waals surface area contributed by atoms with Crippen LogP contribution in [0, 0.1) is 5.82 Å². The molecular formula is C15H22FN3O2S. The van der Waals surface area contributed by atoms with Gasteiger partial charge in [0.15, 0.2) is 0 Å². The molecule has 0 bridgehead atoms. The van der Waals surface area contributed by atoms with Gasteiger partial charge < -0.3 is 25.0 Å². The van der Waals surface area contributed by atoms with Crippen molar-refractivity contribution in [2.24, 2.45) is 5.73 Å². The second-order valence-electron chi connectivity index (χ2n) is 5.42. The van der Waals surface area contributed by atoms with E-state index in [-0.39, 0.29) is 11.9 Å². The lowest BCUT2D eigenvalue weighted by molar-refractivity contribution is -0.110. The predicted octanol–water partition coefficient (Wildman–Crippen LogP) is 1.47. The molecule has 2 N–H and O–H groups in total. The zero-order valence-electron chi connectivity index (χ0n) is 12.7. The summed E-state index contributed by atoms with van der Waals surface area (Å²) in [5.41, 5.74) is 7.09. The van der Waals surface area contributed by atoms with Crippen molar-refractivity contribution in [3.63, 3.8) is 0 Å². The van der Waals surface area contributed by atoms with E-state index in [0.717, 1.165) is 30.3 Å². The Balaban J connectivity index is 1.79. The number of halogens is 1. The SMILES string of the molecule is COC1OC(CN)CN1c1ccc(N2CCSCC2)c(F)c1. The Hall–Kier alpha value is -1.02. The minimum atomic E-state index is -0.509. The van der Waals surface area contributed by atoms with Crippen molar-refractivity contribution >= 4 is 23.1 Å². The smallest absolute Gasteiger partial charge is 0.240 e. The molecule has 1 aromatic carbocycles. The van der Waals surface area contributed by atoms with E-state index in [2.05, 4.69) is 4.90 Å². The quantitative estimate of drug-likeness (QED) is 0.904. The molecule has 0 radical (unpaired) electrons. The van der Waals surface area contributed by atoms with E-state index in [1.54, 1.807) is 13.2 Å². The summed E-state index contributed by atoms with van der Waals surface area (Å²) in [4.78, 5) is 4.00. The van der Waals surface area contributed by atoms with Crippen LogP contribution < -0.4 is 15.5 Å². The summed E-state index contributed by atoms with van der Waals surface area (Å²) in [6.07, 6.45) is -0.600. The number of nitrogens with two attached hydrogens (primary N) is 1. The molecule has 122 valence electrons. The van der Waals surface area contributed by atoms with Crippen molar-refractivity contribution in [2.45, 2.75) is 12.5 Å². The van der Waals surface area contributed by atoms with Crippen LogP contribution >= 0.6 is 11.8 Å². The molecule has 7 heteroatoms. The fourth-order valence-electron chi connectivity index (χ4n) is 2.86. The fraction of sp³-hybridized carbons (Fsp3) is 0.600. The van der Waals surface area contributed by atoms with Crippen LogP contribution in [0.15, 0.2) is 18.2 Å². The first-order valence-corrected chi connectivity index (χ1v) is 8.65. The number of thioether (sulfide) groups is 1. The summed E-state index contributed by atoms with van der Waals surface area (Å²) in [6, 6.07) is 5.34. The maximum Gasteiger partial charge on any atom is 0.240 e. The molecule has 1 aromatic rings. The minimum Gasteiger partial charge on any atom is -0.368 e. The summed E-state index contributed by atoms with van der Waals surface area (Å²) in [5, 5.41) is 0. The number of hydrogen-bond donors (Lipinski definition) is 1. The number of rotatable bonds is 4. The number of methoxy groups -OCH3 is 1. The average molecular weight is 327 g/mol. The Morgan fingerprint density at radius 1 is 1.41 bits per heavy atom. The number of nitrogens with zero attached hydrogens (tertiary/aromatic N) is 2. The number of benzene rings is 1. The molecule has 0 amide bonds. The van der Waals surface area contributed by atoms with Crippen LogP contribution in [0.1, 0.15) is 0 Å². The van der Waals surface area contributed by atoms with Crippen molar-refractivity contribution < 1.29 is 13.9 Å². The molecule has 2 saturated heterocycles. The monoisotopic (exact) mass is 327 g/mol. The topological polar surface area (TPSA) is 51.0 Å². The van der Waals surface area contributed by atoms with Crippen LogP contribution in [-0.2, 0) is 9.47 Å². The molecule has 0 spiro atoms. The van der Waals surface area contributed by atoms with Crippen molar-refractivity contribution in [1.29, 1.82) is 0 Å². The summed E-state index contributed by atoms with van der Waals surface area (Å²) in [5.74, 6) is 1.89. The van der Waals surface area contributed by atoms with Crippen LogP contribution in [0.2, 0.25) is 0 Å². The third-order valence-electron chi connectivity index (χ3n) is 4.04. The van der Waals surface area contributed by atoms with Crippen LogP contribution in [0.4, 0.5) is 15.8 Å². The highest BCUT2D eigenvalue weighted by Crippen LogP contribution is 2.30. The van der Waals surface area contributed by atoms with Gasteiger partial charge in [-0.3, -0.25) is 0 Å². The first-order chi connectivity index (χ1) is 10.7. The van der Waals surface area contributed by atoms with Gasteiger partial charge in [-0.25, -0.2) is 4.39 Å². The number of ether oxygens (including phenoxy) is 2. The van der Waals surface area contributed by atoms with Crippen LogP contribution in [0.5, 0.6) is 0 Å². The number of anilines is 2. The highest BCUT2D eigenvalue weighted by atomic mass is 32.2. The zero-order chi connectivity index (χ0) is 15.5. The Kier molecular flexibility index (Phi) is 5.07. The molecule has 2 fully saturated rings. The number of hydrogen-bond acceptors (Lipinski definition) is 6. The molecule has 0 aromatic heterocycles. The van der Waals surface area contributed by atoms with Gasteiger partial charge in [0.1, 0.15) is 5.82 Å². The maximum atomic E-state index is 14.5. The fourth-order valence-corrected chi connectivity index (χ4v) is 3.76. The minimum absolute atomic E-state index is 0.0909.